The Morgan fingerprint density at radius 3 is 2.56 bits per heavy atom. The number of carbonyl (C=O) groups is 1. The largest absolute Gasteiger partial charge is 0.350 e. The maximum absolute atomic E-state index is 13.1. The first-order valence-corrected chi connectivity index (χ1v) is 9.68. The highest BCUT2D eigenvalue weighted by atomic mass is 16.5. The number of hydrogen-bond acceptors (Lipinski definition) is 3. The Kier molecular flexibility index (Phi) is 5.33. The summed E-state index contributed by atoms with van der Waals surface area (Å²) in [6.45, 7) is 0.791. The SMILES string of the molecule is O=C(c1cc(-c2ccccc2)no1)N1CCCC[C@@H]1CCc1ccccc1. The van der Waals surface area contributed by atoms with E-state index >= 15 is 0 Å². The predicted octanol–water partition coefficient (Wildman–Crippen LogP) is 4.97. The van der Waals surface area contributed by atoms with Gasteiger partial charge in [0.1, 0.15) is 5.69 Å². The first-order chi connectivity index (χ1) is 13.3. The van der Waals surface area contributed by atoms with Crippen molar-refractivity contribution in [3.63, 3.8) is 0 Å². The van der Waals surface area contributed by atoms with Crippen LogP contribution in [0.4, 0.5) is 0 Å². The number of piperidine rings is 1. The molecule has 0 saturated carbocycles. The summed E-state index contributed by atoms with van der Waals surface area (Å²) >= 11 is 0. The van der Waals surface area contributed by atoms with Crippen LogP contribution in [0, 0.1) is 0 Å². The molecular weight excluding hydrogens is 336 g/mol. The molecule has 1 amide bonds. The Morgan fingerprint density at radius 1 is 1.04 bits per heavy atom. The van der Waals surface area contributed by atoms with Gasteiger partial charge in [-0.15, -0.1) is 0 Å². The highest BCUT2D eigenvalue weighted by Gasteiger charge is 2.29. The summed E-state index contributed by atoms with van der Waals surface area (Å²) < 4.78 is 5.40. The zero-order valence-electron chi connectivity index (χ0n) is 15.4. The lowest BCUT2D eigenvalue weighted by molar-refractivity contribution is 0.0560. The van der Waals surface area contributed by atoms with Crippen LogP contribution in [0.1, 0.15) is 41.8 Å². The van der Waals surface area contributed by atoms with E-state index in [-0.39, 0.29) is 11.9 Å². The predicted molar refractivity (Wildman–Crippen MR) is 105 cm³/mol. The first kappa shape index (κ1) is 17.5. The smallest absolute Gasteiger partial charge is 0.292 e. The van der Waals surface area contributed by atoms with Crippen molar-refractivity contribution >= 4 is 5.91 Å². The summed E-state index contributed by atoms with van der Waals surface area (Å²) in [7, 11) is 0. The van der Waals surface area contributed by atoms with E-state index in [9.17, 15) is 4.79 Å². The Labute approximate surface area is 159 Å². The summed E-state index contributed by atoms with van der Waals surface area (Å²) in [4.78, 5) is 15.0. The van der Waals surface area contributed by atoms with Gasteiger partial charge in [-0.3, -0.25) is 4.79 Å². The molecule has 0 bridgehead atoms. The Morgan fingerprint density at radius 2 is 1.78 bits per heavy atom. The van der Waals surface area contributed by atoms with Crippen LogP contribution in [0.2, 0.25) is 0 Å². The van der Waals surface area contributed by atoms with Gasteiger partial charge in [0, 0.05) is 24.2 Å². The molecule has 4 nitrogen and oxygen atoms in total. The van der Waals surface area contributed by atoms with Crippen molar-refractivity contribution in [1.29, 1.82) is 0 Å². The molecule has 0 unspecified atom stereocenters. The highest BCUT2D eigenvalue weighted by molar-refractivity contribution is 5.92. The van der Waals surface area contributed by atoms with E-state index < -0.39 is 0 Å². The fourth-order valence-corrected chi connectivity index (χ4v) is 3.81. The van der Waals surface area contributed by atoms with E-state index in [0.29, 0.717) is 11.5 Å². The first-order valence-electron chi connectivity index (χ1n) is 9.68. The Hall–Kier alpha value is -2.88. The van der Waals surface area contributed by atoms with Crippen molar-refractivity contribution in [3.05, 3.63) is 78.1 Å². The standard InChI is InChI=1S/C23H24N2O2/c26-23(22-17-21(24-27-22)19-11-5-2-6-12-19)25-16-8-7-13-20(25)15-14-18-9-3-1-4-10-18/h1-6,9-12,17,20H,7-8,13-16H2/t20-/m1/s1. The van der Waals surface area contributed by atoms with Gasteiger partial charge >= 0.3 is 0 Å². The molecule has 0 N–H and O–H groups in total. The molecule has 27 heavy (non-hydrogen) atoms. The molecule has 1 aliphatic heterocycles. The second kappa shape index (κ2) is 8.21. The monoisotopic (exact) mass is 360 g/mol. The Bertz CT molecular complexity index is 874. The maximum Gasteiger partial charge on any atom is 0.292 e. The average molecular weight is 360 g/mol. The van der Waals surface area contributed by atoms with Gasteiger partial charge in [0.05, 0.1) is 0 Å². The second-order valence-electron chi connectivity index (χ2n) is 7.11. The zero-order valence-corrected chi connectivity index (χ0v) is 15.4. The molecule has 0 radical (unpaired) electrons. The van der Waals surface area contributed by atoms with Crippen LogP contribution in [-0.2, 0) is 6.42 Å². The third-order valence-electron chi connectivity index (χ3n) is 5.29. The number of aryl methyl sites for hydroxylation is 1. The summed E-state index contributed by atoms with van der Waals surface area (Å²) in [6, 6.07) is 22.3. The summed E-state index contributed by atoms with van der Waals surface area (Å²) in [6.07, 6.45) is 5.25. The number of aromatic nitrogens is 1. The summed E-state index contributed by atoms with van der Waals surface area (Å²) in [5.74, 6) is 0.294. The van der Waals surface area contributed by atoms with E-state index in [1.54, 1.807) is 6.07 Å². The van der Waals surface area contributed by atoms with Gasteiger partial charge in [0.2, 0.25) is 5.76 Å². The molecule has 1 aliphatic rings. The third-order valence-corrected chi connectivity index (χ3v) is 5.29. The van der Waals surface area contributed by atoms with Crippen molar-refractivity contribution in [2.45, 2.75) is 38.1 Å². The lowest BCUT2D eigenvalue weighted by atomic mass is 9.95. The normalized spacial score (nSPS) is 17.0. The number of benzene rings is 2. The molecule has 0 spiro atoms. The molecule has 2 heterocycles. The van der Waals surface area contributed by atoms with Gasteiger partial charge < -0.3 is 9.42 Å². The maximum atomic E-state index is 13.1. The quantitative estimate of drug-likeness (QED) is 0.645. The number of hydrogen-bond donors (Lipinski definition) is 0. The van der Waals surface area contributed by atoms with Crippen LogP contribution < -0.4 is 0 Å². The van der Waals surface area contributed by atoms with Crippen molar-refractivity contribution in [1.82, 2.24) is 10.1 Å². The van der Waals surface area contributed by atoms with E-state index in [0.717, 1.165) is 37.8 Å². The molecule has 3 aromatic rings. The second-order valence-corrected chi connectivity index (χ2v) is 7.11. The van der Waals surface area contributed by atoms with Gasteiger partial charge in [-0.1, -0.05) is 65.8 Å². The number of nitrogens with zero attached hydrogens (tertiary/aromatic N) is 2. The lowest BCUT2D eigenvalue weighted by Crippen LogP contribution is -2.43. The van der Waals surface area contributed by atoms with Crippen LogP contribution in [0.15, 0.2) is 71.3 Å². The van der Waals surface area contributed by atoms with E-state index in [1.807, 2.05) is 41.3 Å². The van der Waals surface area contributed by atoms with Crippen LogP contribution in [0.3, 0.4) is 0 Å². The molecule has 0 aliphatic carbocycles. The third kappa shape index (κ3) is 4.11. The topological polar surface area (TPSA) is 46.3 Å². The van der Waals surface area contributed by atoms with Crippen LogP contribution >= 0.6 is 0 Å². The number of carbonyl (C=O) groups excluding carboxylic acids is 1. The zero-order chi connectivity index (χ0) is 18.5. The molecule has 1 atom stereocenters. The minimum atomic E-state index is -0.0394. The van der Waals surface area contributed by atoms with Gasteiger partial charge in [-0.25, -0.2) is 0 Å². The summed E-state index contributed by atoms with van der Waals surface area (Å²) in [5, 5.41) is 4.10. The molecule has 1 aromatic heterocycles. The number of amides is 1. The minimum absolute atomic E-state index is 0.0394. The van der Waals surface area contributed by atoms with Crippen LogP contribution in [0.25, 0.3) is 11.3 Å². The van der Waals surface area contributed by atoms with Gasteiger partial charge in [-0.2, -0.15) is 0 Å². The molecule has 2 aromatic carbocycles. The van der Waals surface area contributed by atoms with Gasteiger partial charge in [0.15, 0.2) is 0 Å². The molecule has 4 heteroatoms. The van der Waals surface area contributed by atoms with E-state index in [2.05, 4.69) is 29.4 Å². The molecule has 1 fully saturated rings. The van der Waals surface area contributed by atoms with Crippen molar-refractivity contribution in [2.24, 2.45) is 0 Å². The average Bonchev–Trinajstić information content (AvgIpc) is 3.24. The lowest BCUT2D eigenvalue weighted by Gasteiger charge is -2.35. The Balaban J connectivity index is 1.46. The highest BCUT2D eigenvalue weighted by Crippen LogP contribution is 2.25. The number of rotatable bonds is 5. The minimum Gasteiger partial charge on any atom is -0.350 e. The fourth-order valence-electron chi connectivity index (χ4n) is 3.81. The van der Waals surface area contributed by atoms with Crippen LogP contribution in [-0.4, -0.2) is 28.6 Å². The van der Waals surface area contributed by atoms with Gasteiger partial charge in [-0.05, 0) is 37.7 Å². The molecule has 138 valence electrons. The fraction of sp³-hybridized carbons (Fsp3) is 0.304. The molecular formula is C23H24N2O2. The van der Waals surface area contributed by atoms with Crippen molar-refractivity contribution in [2.75, 3.05) is 6.54 Å². The van der Waals surface area contributed by atoms with E-state index in [4.69, 9.17) is 4.52 Å². The molecule has 4 rings (SSSR count). The van der Waals surface area contributed by atoms with E-state index in [1.165, 1.54) is 12.0 Å². The van der Waals surface area contributed by atoms with Gasteiger partial charge in [0.25, 0.3) is 5.91 Å². The van der Waals surface area contributed by atoms with Crippen LogP contribution in [0.5, 0.6) is 0 Å². The molecule has 1 saturated heterocycles. The van der Waals surface area contributed by atoms with Crippen molar-refractivity contribution < 1.29 is 9.32 Å². The number of likely N-dealkylation sites (tertiary alicyclic amines) is 1. The van der Waals surface area contributed by atoms with Crippen molar-refractivity contribution in [3.8, 4) is 11.3 Å². The summed E-state index contributed by atoms with van der Waals surface area (Å²) in [5.41, 5.74) is 2.98.